The van der Waals surface area contributed by atoms with E-state index in [0.717, 1.165) is 34.7 Å². The van der Waals surface area contributed by atoms with E-state index in [4.69, 9.17) is 24.3 Å². The zero-order valence-electron chi connectivity index (χ0n) is 18.5. The topological polar surface area (TPSA) is 84.8 Å². The van der Waals surface area contributed by atoms with Gasteiger partial charge in [0.25, 0.3) is 5.91 Å². The summed E-state index contributed by atoms with van der Waals surface area (Å²) in [5.74, 6) is 2.20. The van der Waals surface area contributed by atoms with Crippen LogP contribution in [-0.4, -0.2) is 43.2 Å². The zero-order valence-corrected chi connectivity index (χ0v) is 19.4. The molecule has 4 rings (SSSR count). The lowest BCUT2D eigenvalue weighted by Crippen LogP contribution is -2.50. The fraction of sp³-hybridized carbons (Fsp3) is 0.348. The van der Waals surface area contributed by atoms with Crippen molar-refractivity contribution in [2.45, 2.75) is 25.9 Å². The molecule has 0 aromatic heterocycles. The summed E-state index contributed by atoms with van der Waals surface area (Å²) in [5, 5.41) is 11.4. The maximum Gasteiger partial charge on any atom is 0.276 e. The predicted molar refractivity (Wildman–Crippen MR) is 124 cm³/mol. The third kappa shape index (κ3) is 4.00. The molecule has 2 aromatic carbocycles. The van der Waals surface area contributed by atoms with Gasteiger partial charge < -0.3 is 14.2 Å². The van der Waals surface area contributed by atoms with Gasteiger partial charge in [-0.15, -0.1) is 5.10 Å². The molecule has 0 saturated heterocycles. The van der Waals surface area contributed by atoms with Crippen LogP contribution in [0.25, 0.3) is 5.70 Å². The molecule has 2 heterocycles. The van der Waals surface area contributed by atoms with Crippen LogP contribution in [0, 0.1) is 0 Å². The van der Waals surface area contributed by atoms with Gasteiger partial charge in [-0.2, -0.15) is 0 Å². The Bertz CT molecular complexity index is 1160. The number of nitrogens with zero attached hydrogens (tertiary/aromatic N) is 3. The van der Waals surface area contributed by atoms with Crippen LogP contribution in [0.2, 0.25) is 0 Å². The van der Waals surface area contributed by atoms with E-state index in [1.807, 2.05) is 36.4 Å². The highest BCUT2D eigenvalue weighted by Gasteiger charge is 2.35. The average Bonchev–Trinajstić information content (AvgIpc) is 2.82. The monoisotopic (exact) mass is 454 g/mol. The van der Waals surface area contributed by atoms with Crippen molar-refractivity contribution < 1.29 is 19.0 Å². The number of carbonyl (C=O) groups is 1. The molecular formula is C23H26N4O4S. The van der Waals surface area contributed by atoms with Gasteiger partial charge in [-0.1, -0.05) is 43.3 Å². The van der Waals surface area contributed by atoms with Crippen molar-refractivity contribution in [1.82, 2.24) is 10.3 Å². The molecule has 0 spiro atoms. The van der Waals surface area contributed by atoms with Crippen LogP contribution in [0.5, 0.6) is 17.2 Å². The molecule has 8 nitrogen and oxygen atoms in total. The van der Waals surface area contributed by atoms with Gasteiger partial charge in [-0.25, -0.2) is 5.01 Å². The smallest absolute Gasteiger partial charge is 0.276 e. The SMILES string of the molecule is CCCCSC1=NN2C(=c3ccccc3=N[C@@H]2c2cc(OC)c(OC)c(OC)c2)C(=O)N1. The summed E-state index contributed by atoms with van der Waals surface area (Å²) in [6.45, 7) is 2.13. The van der Waals surface area contributed by atoms with Gasteiger partial charge in [0.1, 0.15) is 5.70 Å². The molecule has 9 heteroatoms. The second-order valence-electron chi connectivity index (χ2n) is 7.23. The number of hydrogen-bond donors (Lipinski definition) is 1. The first-order valence-electron chi connectivity index (χ1n) is 10.4. The molecular weight excluding hydrogens is 428 g/mol. The van der Waals surface area contributed by atoms with E-state index in [9.17, 15) is 4.79 Å². The highest BCUT2D eigenvalue weighted by molar-refractivity contribution is 8.13. The molecule has 1 amide bonds. The van der Waals surface area contributed by atoms with Crippen LogP contribution < -0.4 is 30.1 Å². The molecule has 0 fully saturated rings. The van der Waals surface area contributed by atoms with E-state index in [0.29, 0.717) is 28.1 Å². The average molecular weight is 455 g/mol. The Hall–Kier alpha value is -3.20. The number of amidine groups is 1. The quantitative estimate of drug-likeness (QED) is 0.647. The van der Waals surface area contributed by atoms with Crippen molar-refractivity contribution in [3.05, 3.63) is 52.5 Å². The second kappa shape index (κ2) is 9.52. The molecule has 32 heavy (non-hydrogen) atoms. The van der Waals surface area contributed by atoms with Crippen LogP contribution in [0.3, 0.4) is 0 Å². The third-order valence-corrected chi connectivity index (χ3v) is 6.19. The molecule has 0 radical (unpaired) electrons. The van der Waals surface area contributed by atoms with Gasteiger partial charge in [0.15, 0.2) is 22.8 Å². The van der Waals surface area contributed by atoms with Gasteiger partial charge in [0, 0.05) is 16.5 Å². The highest BCUT2D eigenvalue weighted by Crippen LogP contribution is 2.42. The summed E-state index contributed by atoms with van der Waals surface area (Å²) in [5.41, 5.74) is 1.23. The summed E-state index contributed by atoms with van der Waals surface area (Å²) in [4.78, 5) is 18.1. The Labute approximate surface area is 190 Å². The molecule has 0 bridgehead atoms. The number of hydrazone groups is 1. The van der Waals surface area contributed by atoms with Crippen molar-refractivity contribution in [2.75, 3.05) is 27.1 Å². The van der Waals surface area contributed by atoms with Crippen molar-refractivity contribution in [3.8, 4) is 17.2 Å². The summed E-state index contributed by atoms with van der Waals surface area (Å²) in [6.07, 6.45) is 1.55. The number of nitrogens with one attached hydrogen (secondary N) is 1. The number of rotatable bonds is 7. The molecule has 1 atom stereocenters. The summed E-state index contributed by atoms with van der Waals surface area (Å²) >= 11 is 1.53. The van der Waals surface area contributed by atoms with Gasteiger partial charge in [0.05, 0.1) is 26.7 Å². The number of amides is 1. The third-order valence-electron chi connectivity index (χ3n) is 5.24. The van der Waals surface area contributed by atoms with Crippen molar-refractivity contribution in [2.24, 2.45) is 10.1 Å². The van der Waals surface area contributed by atoms with Crippen LogP contribution in [0.1, 0.15) is 31.5 Å². The molecule has 2 aromatic rings. The second-order valence-corrected chi connectivity index (χ2v) is 8.32. The largest absolute Gasteiger partial charge is 0.493 e. The lowest BCUT2D eigenvalue weighted by molar-refractivity contribution is -0.116. The number of unbranched alkanes of at least 4 members (excludes halogenated alkanes) is 1. The molecule has 0 saturated carbocycles. The van der Waals surface area contributed by atoms with Gasteiger partial charge in [-0.05, 0) is 24.6 Å². The normalized spacial score (nSPS) is 16.9. The van der Waals surface area contributed by atoms with Crippen molar-refractivity contribution >= 4 is 28.5 Å². The summed E-state index contributed by atoms with van der Waals surface area (Å²) in [7, 11) is 4.70. The highest BCUT2D eigenvalue weighted by atomic mass is 32.2. The minimum atomic E-state index is -0.568. The van der Waals surface area contributed by atoms with E-state index >= 15 is 0 Å². The van der Waals surface area contributed by atoms with Crippen molar-refractivity contribution in [1.29, 1.82) is 0 Å². The number of hydrogen-bond acceptors (Lipinski definition) is 8. The van der Waals surface area contributed by atoms with Crippen LogP contribution >= 0.6 is 11.8 Å². The van der Waals surface area contributed by atoms with Crippen LogP contribution in [0.4, 0.5) is 0 Å². The van der Waals surface area contributed by atoms with E-state index in [1.54, 1.807) is 26.3 Å². The van der Waals surface area contributed by atoms with Gasteiger partial charge >= 0.3 is 0 Å². The summed E-state index contributed by atoms with van der Waals surface area (Å²) in [6, 6.07) is 11.3. The first-order valence-corrected chi connectivity index (χ1v) is 11.4. The minimum Gasteiger partial charge on any atom is -0.493 e. The fourth-order valence-electron chi connectivity index (χ4n) is 3.67. The molecule has 2 aliphatic rings. The first kappa shape index (κ1) is 22.0. The zero-order chi connectivity index (χ0) is 22.7. The molecule has 168 valence electrons. The Morgan fingerprint density at radius 1 is 1.09 bits per heavy atom. The Kier molecular flexibility index (Phi) is 6.55. The number of methoxy groups -OCH3 is 3. The minimum absolute atomic E-state index is 0.196. The van der Waals surface area contributed by atoms with E-state index in [-0.39, 0.29) is 5.91 Å². The Morgan fingerprint density at radius 3 is 2.47 bits per heavy atom. The van der Waals surface area contributed by atoms with Crippen LogP contribution in [-0.2, 0) is 4.79 Å². The number of thioether (sulfide) groups is 1. The number of para-hydroxylation sites is 1. The summed E-state index contributed by atoms with van der Waals surface area (Å²) < 4.78 is 16.5. The van der Waals surface area contributed by atoms with E-state index in [2.05, 4.69) is 12.2 Å². The number of ether oxygens (including phenoxy) is 3. The van der Waals surface area contributed by atoms with Crippen molar-refractivity contribution in [3.63, 3.8) is 0 Å². The number of carbonyl (C=O) groups excluding carboxylic acids is 1. The molecule has 0 aliphatic carbocycles. The maximum absolute atomic E-state index is 13.2. The predicted octanol–water partition coefficient (Wildman–Crippen LogP) is 2.39. The number of fused-ring (bicyclic) bond motifs is 2. The van der Waals surface area contributed by atoms with E-state index < -0.39 is 6.17 Å². The Balaban J connectivity index is 1.88. The van der Waals surface area contributed by atoms with Gasteiger partial charge in [0.2, 0.25) is 5.75 Å². The standard InChI is InChI=1S/C23H26N4O4S/c1-5-6-11-32-23-25-22(28)19-15-9-7-8-10-16(15)24-21(27(19)26-23)14-12-17(29-2)20(31-4)18(13-14)30-3/h7-10,12-13,21H,5-6,11H2,1-4H3,(H,25,26,28)/t21-/m0/s1. The fourth-order valence-corrected chi connectivity index (χ4v) is 4.61. The lowest BCUT2D eigenvalue weighted by Gasteiger charge is -2.34. The van der Waals surface area contributed by atoms with Gasteiger partial charge in [-0.3, -0.25) is 15.1 Å². The first-order chi connectivity index (χ1) is 15.6. The van der Waals surface area contributed by atoms with Crippen LogP contribution in [0.15, 0.2) is 46.5 Å². The Morgan fingerprint density at radius 2 is 1.81 bits per heavy atom. The number of benzene rings is 2. The van der Waals surface area contributed by atoms with E-state index in [1.165, 1.54) is 11.8 Å². The molecule has 2 aliphatic heterocycles. The molecule has 1 N–H and O–H groups in total. The molecule has 0 unspecified atom stereocenters. The maximum atomic E-state index is 13.2. The lowest BCUT2D eigenvalue weighted by atomic mass is 10.1.